The molecule has 1 atom stereocenters. The molecule has 0 heterocycles. The van der Waals surface area contributed by atoms with Crippen LogP contribution in [0.15, 0.2) is 42.5 Å². The largest absolute Gasteiger partial charge is 0.724 e. The SMILES string of the molecule is C[N+](C)(c1cccc2ccccc12)S(=O)[O-]. The van der Waals surface area contributed by atoms with Crippen LogP contribution in [0.3, 0.4) is 0 Å². The summed E-state index contributed by atoms with van der Waals surface area (Å²) in [6, 6.07) is 13.5. The van der Waals surface area contributed by atoms with Crippen molar-refractivity contribution in [3.05, 3.63) is 42.5 Å². The molecule has 0 radical (unpaired) electrons. The van der Waals surface area contributed by atoms with E-state index < -0.39 is 11.3 Å². The first kappa shape index (κ1) is 11.3. The molecule has 0 bridgehead atoms. The molecule has 0 N–H and O–H groups in total. The van der Waals surface area contributed by atoms with Gasteiger partial charge >= 0.3 is 0 Å². The van der Waals surface area contributed by atoms with Crippen LogP contribution in [0.1, 0.15) is 0 Å². The number of quaternary nitrogens is 1. The van der Waals surface area contributed by atoms with E-state index in [4.69, 9.17) is 0 Å². The first-order valence-corrected chi connectivity index (χ1v) is 5.99. The van der Waals surface area contributed by atoms with Crippen LogP contribution in [-0.4, -0.2) is 22.9 Å². The molecule has 0 aliphatic carbocycles. The quantitative estimate of drug-likeness (QED) is 0.591. The number of nitrogens with zero attached hydrogens (tertiary/aromatic N) is 1. The predicted molar refractivity (Wildman–Crippen MR) is 66.5 cm³/mol. The lowest BCUT2D eigenvalue weighted by Gasteiger charge is -2.30. The van der Waals surface area contributed by atoms with Gasteiger partial charge in [0.1, 0.15) is 0 Å². The van der Waals surface area contributed by atoms with E-state index >= 15 is 0 Å². The Labute approximate surface area is 97.3 Å². The zero-order valence-corrected chi connectivity index (χ0v) is 10.0. The van der Waals surface area contributed by atoms with Crippen LogP contribution in [0.5, 0.6) is 0 Å². The van der Waals surface area contributed by atoms with Crippen molar-refractivity contribution in [2.45, 2.75) is 0 Å². The molecule has 0 saturated carbocycles. The second-order valence-corrected chi connectivity index (χ2v) is 5.41. The third-order valence-electron chi connectivity index (χ3n) is 2.72. The average Bonchev–Trinajstić information content (AvgIpc) is 2.28. The lowest BCUT2D eigenvalue weighted by Crippen LogP contribution is -2.42. The van der Waals surface area contributed by atoms with Gasteiger partial charge in [0.25, 0.3) is 0 Å². The molecule has 0 saturated heterocycles. The molecule has 16 heavy (non-hydrogen) atoms. The van der Waals surface area contributed by atoms with Crippen molar-refractivity contribution in [2.24, 2.45) is 0 Å². The van der Waals surface area contributed by atoms with Gasteiger partial charge in [0.15, 0.2) is 17.0 Å². The molecule has 4 heteroatoms. The van der Waals surface area contributed by atoms with Crippen molar-refractivity contribution >= 4 is 27.7 Å². The van der Waals surface area contributed by atoms with Gasteiger partial charge in [0.05, 0.1) is 14.1 Å². The molecule has 0 aliphatic rings. The fraction of sp³-hybridized carbons (Fsp3) is 0.167. The summed E-state index contributed by atoms with van der Waals surface area (Å²) in [6.07, 6.45) is 0. The molecule has 1 unspecified atom stereocenters. The number of hydrogen-bond donors (Lipinski definition) is 0. The predicted octanol–water partition coefficient (Wildman–Crippen LogP) is 2.20. The lowest BCUT2D eigenvalue weighted by molar-refractivity contribution is 0.466. The molecule has 3 nitrogen and oxygen atoms in total. The fourth-order valence-corrected chi connectivity index (χ4v) is 2.08. The van der Waals surface area contributed by atoms with E-state index in [9.17, 15) is 8.76 Å². The van der Waals surface area contributed by atoms with Crippen molar-refractivity contribution in [2.75, 3.05) is 14.1 Å². The van der Waals surface area contributed by atoms with Crippen LogP contribution in [-0.2, 0) is 11.3 Å². The minimum absolute atomic E-state index is 0.165. The Kier molecular flexibility index (Phi) is 2.80. The van der Waals surface area contributed by atoms with Crippen molar-refractivity contribution in [3.8, 4) is 0 Å². The summed E-state index contributed by atoms with van der Waals surface area (Å²) < 4.78 is 22.3. The van der Waals surface area contributed by atoms with Gasteiger partial charge in [0, 0.05) is 11.5 Å². The molecule has 2 aromatic rings. The maximum absolute atomic E-state index is 11.2. The number of rotatable bonds is 2. The van der Waals surface area contributed by atoms with E-state index in [-0.39, 0.29) is 3.89 Å². The third-order valence-corrected chi connectivity index (χ3v) is 3.66. The number of benzene rings is 2. The summed E-state index contributed by atoms with van der Waals surface area (Å²) in [5.41, 5.74) is 0.784. The van der Waals surface area contributed by atoms with Gasteiger partial charge in [-0.2, -0.15) is 0 Å². The minimum Gasteiger partial charge on any atom is -0.724 e. The zero-order chi connectivity index (χ0) is 11.8. The Morgan fingerprint density at radius 1 is 1.06 bits per heavy atom. The Morgan fingerprint density at radius 2 is 1.69 bits per heavy atom. The van der Waals surface area contributed by atoms with Gasteiger partial charge in [-0.25, -0.2) is 8.10 Å². The van der Waals surface area contributed by atoms with Gasteiger partial charge in [-0.05, 0) is 11.5 Å². The summed E-state index contributed by atoms with van der Waals surface area (Å²) in [6.45, 7) is 0. The molecular weight excluding hydrogens is 222 g/mol. The van der Waals surface area contributed by atoms with Crippen LogP contribution in [0, 0.1) is 0 Å². The summed E-state index contributed by atoms with van der Waals surface area (Å²) in [7, 11) is 3.32. The van der Waals surface area contributed by atoms with Gasteiger partial charge < -0.3 is 4.55 Å². The van der Waals surface area contributed by atoms with E-state index in [1.807, 2.05) is 42.5 Å². The number of fused-ring (bicyclic) bond motifs is 1. The maximum Gasteiger partial charge on any atom is 0.153 e. The van der Waals surface area contributed by atoms with E-state index in [1.165, 1.54) is 0 Å². The zero-order valence-electron chi connectivity index (χ0n) is 9.21. The van der Waals surface area contributed by atoms with Crippen LogP contribution in [0.25, 0.3) is 10.8 Å². The fourth-order valence-electron chi connectivity index (χ4n) is 1.76. The highest BCUT2D eigenvalue weighted by molar-refractivity contribution is 7.78. The minimum atomic E-state index is -2.20. The van der Waals surface area contributed by atoms with E-state index in [0.717, 1.165) is 16.5 Å². The molecule has 0 aromatic heterocycles. The first-order chi connectivity index (χ1) is 7.53. The Morgan fingerprint density at radius 3 is 2.38 bits per heavy atom. The smallest absolute Gasteiger partial charge is 0.153 e. The van der Waals surface area contributed by atoms with Crippen LogP contribution >= 0.6 is 0 Å². The molecule has 2 rings (SSSR count). The molecular formula is C12H13NO2S. The molecule has 84 valence electrons. The second-order valence-electron chi connectivity index (χ2n) is 4.07. The second kappa shape index (κ2) is 3.97. The van der Waals surface area contributed by atoms with Crippen molar-refractivity contribution in [1.82, 2.24) is 3.89 Å². The van der Waals surface area contributed by atoms with Gasteiger partial charge in [-0.15, -0.1) is 0 Å². The van der Waals surface area contributed by atoms with E-state index in [2.05, 4.69) is 0 Å². The summed E-state index contributed by atoms with van der Waals surface area (Å²) >= 11 is -2.20. The van der Waals surface area contributed by atoms with Gasteiger partial charge in [-0.3, -0.25) is 0 Å². The van der Waals surface area contributed by atoms with Crippen molar-refractivity contribution in [1.29, 1.82) is 0 Å². The van der Waals surface area contributed by atoms with Crippen LogP contribution < -0.4 is 3.89 Å². The number of hydrogen-bond acceptors (Lipinski definition) is 2. The normalized spacial score (nSPS) is 13.9. The lowest BCUT2D eigenvalue weighted by atomic mass is 10.1. The van der Waals surface area contributed by atoms with Crippen molar-refractivity contribution < 1.29 is 8.76 Å². The summed E-state index contributed by atoms with van der Waals surface area (Å²) in [5, 5.41) is 2.02. The van der Waals surface area contributed by atoms with Crippen LogP contribution in [0.2, 0.25) is 0 Å². The van der Waals surface area contributed by atoms with Crippen LogP contribution in [0.4, 0.5) is 5.69 Å². The average molecular weight is 235 g/mol. The first-order valence-electron chi connectivity index (χ1n) is 4.96. The summed E-state index contributed by atoms with van der Waals surface area (Å²) in [4.78, 5) is 0. The van der Waals surface area contributed by atoms with E-state index in [1.54, 1.807) is 14.1 Å². The highest BCUT2D eigenvalue weighted by Crippen LogP contribution is 2.30. The molecule has 0 amide bonds. The molecule has 2 aromatic carbocycles. The monoisotopic (exact) mass is 235 g/mol. The maximum atomic E-state index is 11.2. The van der Waals surface area contributed by atoms with E-state index in [0.29, 0.717) is 0 Å². The van der Waals surface area contributed by atoms with Gasteiger partial charge in [0.2, 0.25) is 0 Å². The van der Waals surface area contributed by atoms with Gasteiger partial charge in [-0.1, -0.05) is 30.3 Å². The molecule has 0 spiro atoms. The third kappa shape index (κ3) is 1.75. The summed E-state index contributed by atoms with van der Waals surface area (Å²) in [5.74, 6) is 0. The highest BCUT2D eigenvalue weighted by atomic mass is 32.2. The molecule has 0 fully saturated rings. The standard InChI is InChI=1S/C12H13NO2S/c1-13(2,16(14)15)12-9-5-7-10-6-3-4-8-11(10)12/h3-9H,1-2H3. The van der Waals surface area contributed by atoms with Crippen molar-refractivity contribution in [3.63, 3.8) is 0 Å². The highest BCUT2D eigenvalue weighted by Gasteiger charge is 2.22. The Hall–Kier alpha value is -1.23. The Bertz CT molecular complexity index is 546. The molecule has 0 aliphatic heterocycles. The Balaban J connectivity index is 2.74. The topological polar surface area (TPSA) is 40.1 Å².